The average Bonchev–Trinajstić information content (AvgIpc) is 3.34. The molecule has 0 aliphatic carbocycles. The zero-order valence-electron chi connectivity index (χ0n) is 18.2. The summed E-state index contributed by atoms with van der Waals surface area (Å²) in [6, 6.07) is 11.7. The lowest BCUT2D eigenvalue weighted by atomic mass is 10.1. The topological polar surface area (TPSA) is 69.5 Å². The third-order valence-corrected chi connectivity index (χ3v) is 7.30. The van der Waals surface area contributed by atoms with Gasteiger partial charge in [-0.15, -0.1) is 23.7 Å². The van der Waals surface area contributed by atoms with Gasteiger partial charge >= 0.3 is 5.97 Å². The molecule has 1 saturated heterocycles. The molecule has 0 saturated carbocycles. The third-order valence-electron chi connectivity index (χ3n) is 5.55. The molecule has 0 radical (unpaired) electrons. The third kappa shape index (κ3) is 5.90. The molecule has 0 spiro atoms. The highest BCUT2D eigenvalue weighted by atomic mass is 79.9. The van der Waals surface area contributed by atoms with Crippen molar-refractivity contribution < 1.29 is 14.3 Å². The van der Waals surface area contributed by atoms with Crippen molar-refractivity contribution in [3.05, 3.63) is 56.6 Å². The molecule has 3 heterocycles. The summed E-state index contributed by atoms with van der Waals surface area (Å²) in [5.41, 5.74) is 2.52. The summed E-state index contributed by atoms with van der Waals surface area (Å²) in [5, 5.41) is 7.15. The Balaban J connectivity index is 0.00000274. The van der Waals surface area contributed by atoms with Gasteiger partial charge in [-0.3, -0.25) is 14.4 Å². The predicted molar refractivity (Wildman–Crippen MR) is 140 cm³/mol. The maximum Gasteiger partial charge on any atom is 0.312 e. The maximum atomic E-state index is 12.5. The van der Waals surface area contributed by atoms with E-state index in [1.807, 2.05) is 35.0 Å². The minimum Gasteiger partial charge on any atom is -0.464 e. The van der Waals surface area contributed by atoms with E-state index in [9.17, 15) is 4.79 Å². The molecule has 0 unspecified atom stereocenters. The number of ether oxygens (including phenoxy) is 2. The number of fused-ring (bicyclic) bond motifs is 2. The fraction of sp³-hybridized carbons (Fsp3) is 0.348. The van der Waals surface area contributed by atoms with E-state index in [4.69, 9.17) is 31.2 Å². The molecule has 1 aliphatic heterocycles. The Morgan fingerprint density at radius 1 is 1.21 bits per heavy atom. The fourth-order valence-corrected chi connectivity index (χ4v) is 5.37. The molecule has 5 rings (SSSR count). The van der Waals surface area contributed by atoms with E-state index in [2.05, 4.69) is 26.9 Å². The van der Waals surface area contributed by atoms with Gasteiger partial charge in [0.15, 0.2) is 0 Å². The molecule has 1 aliphatic rings. The zero-order chi connectivity index (χ0) is 22.8. The largest absolute Gasteiger partial charge is 0.464 e. The summed E-state index contributed by atoms with van der Waals surface area (Å²) in [5.74, 6) is -0.292. The highest BCUT2D eigenvalue weighted by molar-refractivity contribution is 9.10. The van der Waals surface area contributed by atoms with Crippen molar-refractivity contribution in [3.8, 4) is 0 Å². The number of morpholine rings is 1. The van der Waals surface area contributed by atoms with Crippen molar-refractivity contribution >= 4 is 78.4 Å². The minimum absolute atomic E-state index is 0. The van der Waals surface area contributed by atoms with Crippen LogP contribution in [0, 0.1) is 0 Å². The van der Waals surface area contributed by atoms with Crippen molar-refractivity contribution in [1.82, 2.24) is 19.7 Å². The highest BCUT2D eigenvalue weighted by Gasteiger charge is 2.17. The highest BCUT2D eigenvalue weighted by Crippen LogP contribution is 2.28. The van der Waals surface area contributed by atoms with Crippen LogP contribution in [-0.2, 0) is 27.2 Å². The van der Waals surface area contributed by atoms with Crippen LogP contribution in [0.2, 0.25) is 5.02 Å². The van der Waals surface area contributed by atoms with Crippen molar-refractivity contribution in [2.45, 2.75) is 13.0 Å². The van der Waals surface area contributed by atoms with E-state index in [1.54, 1.807) is 11.3 Å². The second-order valence-corrected chi connectivity index (χ2v) is 10.3. The van der Waals surface area contributed by atoms with Crippen LogP contribution in [0.4, 0.5) is 0 Å². The SMILES string of the molecule is Cl.O=C(Cc1nn(Cc2nc3cc(Br)ccc3s2)c2ccc(Cl)cc12)OCCN1CCOCC1. The lowest BCUT2D eigenvalue weighted by Gasteiger charge is -2.26. The number of aromatic nitrogens is 3. The standard InChI is InChI=1S/C23H22BrClN4O3S.ClH/c24-15-1-4-21-19(11-15)26-22(33-21)14-29-20-3-2-16(25)12-17(20)18(27-29)13-23(30)32-10-7-28-5-8-31-9-6-28;/h1-4,11-12H,5-10,13-14H2;1H. The summed E-state index contributed by atoms with van der Waals surface area (Å²) in [6.45, 7) is 4.78. The summed E-state index contributed by atoms with van der Waals surface area (Å²) in [6.07, 6.45) is 0.0970. The molecule has 180 valence electrons. The molecule has 2 aromatic carbocycles. The Morgan fingerprint density at radius 2 is 2.03 bits per heavy atom. The first kappa shape index (κ1) is 25.3. The van der Waals surface area contributed by atoms with Gasteiger partial charge in [0.2, 0.25) is 0 Å². The Labute approximate surface area is 220 Å². The molecule has 11 heteroatoms. The van der Waals surface area contributed by atoms with Crippen LogP contribution in [0.5, 0.6) is 0 Å². The van der Waals surface area contributed by atoms with Gasteiger partial charge in [0.05, 0.1) is 47.6 Å². The van der Waals surface area contributed by atoms with Gasteiger partial charge < -0.3 is 9.47 Å². The molecule has 0 atom stereocenters. The number of esters is 1. The van der Waals surface area contributed by atoms with E-state index in [1.165, 1.54) is 0 Å². The Hall–Kier alpha value is -1.75. The average molecular weight is 586 g/mol. The summed E-state index contributed by atoms with van der Waals surface area (Å²) >= 11 is 11.4. The smallest absolute Gasteiger partial charge is 0.312 e. The summed E-state index contributed by atoms with van der Waals surface area (Å²) in [4.78, 5) is 19.5. The molecule has 0 bridgehead atoms. The number of benzene rings is 2. The van der Waals surface area contributed by atoms with E-state index < -0.39 is 0 Å². The number of hydrogen-bond acceptors (Lipinski definition) is 7. The van der Waals surface area contributed by atoms with Crippen LogP contribution in [0.1, 0.15) is 10.7 Å². The number of carbonyl (C=O) groups excluding carboxylic acids is 1. The minimum atomic E-state index is -0.292. The molecule has 34 heavy (non-hydrogen) atoms. The van der Waals surface area contributed by atoms with Crippen molar-refractivity contribution in [3.63, 3.8) is 0 Å². The maximum absolute atomic E-state index is 12.5. The lowest BCUT2D eigenvalue weighted by Crippen LogP contribution is -2.38. The number of thiazole rings is 1. The second kappa shape index (κ2) is 11.3. The first-order valence-corrected chi connectivity index (χ1v) is 12.7. The first-order valence-electron chi connectivity index (χ1n) is 10.7. The van der Waals surface area contributed by atoms with Crippen LogP contribution in [-0.4, -0.2) is 65.1 Å². The van der Waals surface area contributed by atoms with Crippen LogP contribution < -0.4 is 0 Å². The molecule has 0 N–H and O–H groups in total. The lowest BCUT2D eigenvalue weighted by molar-refractivity contribution is -0.143. The van der Waals surface area contributed by atoms with E-state index in [-0.39, 0.29) is 24.8 Å². The van der Waals surface area contributed by atoms with Crippen molar-refractivity contribution in [1.29, 1.82) is 0 Å². The number of nitrogens with zero attached hydrogens (tertiary/aromatic N) is 4. The molecule has 0 amide bonds. The number of halogens is 3. The monoisotopic (exact) mass is 584 g/mol. The normalized spacial score (nSPS) is 14.4. The van der Waals surface area contributed by atoms with E-state index >= 15 is 0 Å². The van der Waals surface area contributed by atoms with Crippen molar-refractivity contribution in [2.24, 2.45) is 0 Å². The Bertz CT molecular complexity index is 1310. The van der Waals surface area contributed by atoms with Gasteiger partial charge in [0, 0.05) is 34.5 Å². The summed E-state index contributed by atoms with van der Waals surface area (Å²) < 4.78 is 14.8. The molecular weight excluding hydrogens is 563 g/mol. The number of carbonyl (C=O) groups is 1. The predicted octanol–water partition coefficient (Wildman–Crippen LogP) is 4.95. The second-order valence-electron chi connectivity index (χ2n) is 7.84. The van der Waals surface area contributed by atoms with Crippen LogP contribution >= 0.6 is 51.3 Å². The van der Waals surface area contributed by atoms with Gasteiger partial charge in [0.25, 0.3) is 0 Å². The van der Waals surface area contributed by atoms with Crippen LogP contribution in [0.3, 0.4) is 0 Å². The molecule has 2 aromatic heterocycles. The van der Waals surface area contributed by atoms with Crippen LogP contribution in [0.25, 0.3) is 21.1 Å². The molecule has 7 nitrogen and oxygen atoms in total. The number of rotatable bonds is 7. The first-order chi connectivity index (χ1) is 16.0. The molecular formula is C23H23BrCl2N4O3S. The quantitative estimate of drug-likeness (QED) is 0.286. The van der Waals surface area contributed by atoms with Crippen molar-refractivity contribution in [2.75, 3.05) is 39.5 Å². The number of hydrogen-bond donors (Lipinski definition) is 0. The van der Waals surface area contributed by atoms with Gasteiger partial charge in [-0.05, 0) is 36.4 Å². The van der Waals surface area contributed by atoms with Gasteiger partial charge in [0.1, 0.15) is 11.6 Å². The van der Waals surface area contributed by atoms with E-state index in [0.29, 0.717) is 30.4 Å². The Kier molecular flexibility index (Phi) is 8.44. The summed E-state index contributed by atoms with van der Waals surface area (Å²) in [7, 11) is 0. The fourth-order valence-electron chi connectivity index (χ4n) is 3.91. The van der Waals surface area contributed by atoms with E-state index in [0.717, 1.165) is 56.9 Å². The zero-order valence-corrected chi connectivity index (χ0v) is 22.2. The molecule has 1 fully saturated rings. The molecule has 4 aromatic rings. The Morgan fingerprint density at radius 3 is 2.85 bits per heavy atom. The van der Waals surface area contributed by atoms with Gasteiger partial charge in [-0.1, -0.05) is 27.5 Å². The van der Waals surface area contributed by atoms with Crippen LogP contribution in [0.15, 0.2) is 40.9 Å². The van der Waals surface area contributed by atoms with Gasteiger partial charge in [-0.25, -0.2) is 4.98 Å². The van der Waals surface area contributed by atoms with Gasteiger partial charge in [-0.2, -0.15) is 5.10 Å².